The van der Waals surface area contributed by atoms with Crippen LogP contribution in [0.5, 0.6) is 0 Å². The number of carbonyl (C=O) groups excluding carboxylic acids is 1. The SMILES string of the molecule is CC[C@H](Nc1nc(N)n2nc(-c3ccco3)nc2n1)C(=O)N1CCN(CC(C)(F)F)CC1. The Hall–Kier alpha value is -3.35. The van der Waals surface area contributed by atoms with E-state index >= 15 is 0 Å². The van der Waals surface area contributed by atoms with Crippen molar-refractivity contribution in [1.29, 1.82) is 0 Å². The molecule has 0 aromatic carbocycles. The highest BCUT2D eigenvalue weighted by Gasteiger charge is 2.31. The summed E-state index contributed by atoms with van der Waals surface area (Å²) in [6, 6.07) is 2.84. The van der Waals surface area contributed by atoms with E-state index in [1.807, 2.05) is 6.92 Å². The van der Waals surface area contributed by atoms with Crippen LogP contribution in [0.15, 0.2) is 22.8 Å². The highest BCUT2D eigenvalue weighted by Crippen LogP contribution is 2.19. The number of fused-ring (bicyclic) bond motifs is 1. The minimum absolute atomic E-state index is 0.0548. The second-order valence-corrected chi connectivity index (χ2v) is 7.81. The van der Waals surface area contributed by atoms with Crippen LogP contribution in [0.2, 0.25) is 0 Å². The Morgan fingerprint density at radius 2 is 2.03 bits per heavy atom. The highest BCUT2D eigenvalue weighted by molar-refractivity contribution is 5.84. The third-order valence-corrected chi connectivity index (χ3v) is 5.17. The van der Waals surface area contributed by atoms with Gasteiger partial charge in [-0.1, -0.05) is 6.92 Å². The van der Waals surface area contributed by atoms with E-state index in [0.29, 0.717) is 44.2 Å². The summed E-state index contributed by atoms with van der Waals surface area (Å²) in [5.74, 6) is -1.71. The number of alkyl halides is 2. The standard InChI is InChI=1S/C19H25F2N9O2/c1-3-12(15(31)29-8-6-28(7-9-29)11-19(2,20)21)23-17-25-16(22)30-18(26-17)24-14(27-30)13-5-4-10-32-13/h4-5,10,12H,3,6-9,11H2,1-2H3,(H3,22,23,24,25,26,27)/t12-/m0/s1. The molecule has 11 nitrogen and oxygen atoms in total. The second-order valence-electron chi connectivity index (χ2n) is 7.81. The fourth-order valence-electron chi connectivity index (χ4n) is 3.61. The number of rotatable bonds is 7. The molecule has 1 amide bonds. The van der Waals surface area contributed by atoms with Gasteiger partial charge in [0.05, 0.1) is 12.8 Å². The van der Waals surface area contributed by atoms with Gasteiger partial charge in [0.2, 0.25) is 23.6 Å². The molecule has 1 aliphatic heterocycles. The van der Waals surface area contributed by atoms with E-state index in [4.69, 9.17) is 10.2 Å². The number of nitrogen functional groups attached to an aromatic ring is 1. The number of aromatic nitrogens is 5. The fraction of sp³-hybridized carbons (Fsp3) is 0.526. The van der Waals surface area contributed by atoms with Crippen LogP contribution < -0.4 is 11.1 Å². The van der Waals surface area contributed by atoms with Crippen molar-refractivity contribution in [2.75, 3.05) is 43.8 Å². The Balaban J connectivity index is 1.44. The van der Waals surface area contributed by atoms with Crippen molar-refractivity contribution in [3.63, 3.8) is 0 Å². The number of hydrogen-bond donors (Lipinski definition) is 2. The molecule has 0 bridgehead atoms. The molecule has 3 N–H and O–H groups in total. The van der Waals surface area contributed by atoms with Gasteiger partial charge in [-0.15, -0.1) is 5.10 Å². The lowest BCUT2D eigenvalue weighted by molar-refractivity contribution is -0.134. The fourth-order valence-corrected chi connectivity index (χ4v) is 3.61. The van der Waals surface area contributed by atoms with Crippen LogP contribution in [0, 0.1) is 0 Å². The smallest absolute Gasteiger partial charge is 0.259 e. The zero-order valence-electron chi connectivity index (χ0n) is 17.8. The zero-order chi connectivity index (χ0) is 22.9. The molecule has 1 atom stereocenters. The largest absolute Gasteiger partial charge is 0.461 e. The molecule has 4 rings (SSSR count). The molecular weight excluding hydrogens is 424 g/mol. The van der Waals surface area contributed by atoms with Gasteiger partial charge < -0.3 is 20.4 Å². The van der Waals surface area contributed by atoms with Gasteiger partial charge in [0.25, 0.3) is 11.7 Å². The summed E-state index contributed by atoms with van der Waals surface area (Å²) in [5.41, 5.74) is 6.00. The first-order valence-electron chi connectivity index (χ1n) is 10.3. The number of hydrogen-bond acceptors (Lipinski definition) is 9. The first-order chi connectivity index (χ1) is 15.2. The summed E-state index contributed by atoms with van der Waals surface area (Å²) in [4.78, 5) is 29.1. The van der Waals surface area contributed by atoms with Gasteiger partial charge in [0.1, 0.15) is 6.04 Å². The van der Waals surface area contributed by atoms with Crippen LogP contribution in [0.4, 0.5) is 20.7 Å². The number of nitrogens with one attached hydrogen (secondary N) is 1. The van der Waals surface area contributed by atoms with Gasteiger partial charge in [-0.25, -0.2) is 8.78 Å². The van der Waals surface area contributed by atoms with E-state index in [1.54, 1.807) is 21.9 Å². The van der Waals surface area contributed by atoms with E-state index < -0.39 is 12.0 Å². The van der Waals surface area contributed by atoms with Crippen molar-refractivity contribution in [1.82, 2.24) is 34.4 Å². The molecule has 0 spiro atoms. The number of carbonyl (C=O) groups is 1. The number of nitrogens with zero attached hydrogens (tertiary/aromatic N) is 7. The van der Waals surface area contributed by atoms with Crippen LogP contribution in [-0.2, 0) is 4.79 Å². The molecule has 3 aromatic rings. The maximum atomic E-state index is 13.2. The molecule has 0 unspecified atom stereocenters. The lowest BCUT2D eigenvalue weighted by atomic mass is 10.1. The Labute approximate surface area is 182 Å². The maximum Gasteiger partial charge on any atom is 0.259 e. The number of nitrogens with two attached hydrogens (primary N) is 1. The summed E-state index contributed by atoms with van der Waals surface area (Å²) in [6.07, 6.45) is 1.99. The van der Waals surface area contributed by atoms with Crippen molar-refractivity contribution in [3.8, 4) is 11.6 Å². The van der Waals surface area contributed by atoms with Crippen molar-refractivity contribution in [3.05, 3.63) is 18.4 Å². The maximum absolute atomic E-state index is 13.2. The minimum atomic E-state index is -2.76. The first kappa shape index (κ1) is 21.9. The monoisotopic (exact) mass is 449 g/mol. The Kier molecular flexibility index (Phi) is 5.91. The molecule has 3 aromatic heterocycles. The second kappa shape index (κ2) is 8.65. The number of amides is 1. The molecule has 32 heavy (non-hydrogen) atoms. The molecule has 0 saturated carbocycles. The minimum Gasteiger partial charge on any atom is -0.461 e. The Morgan fingerprint density at radius 3 is 2.66 bits per heavy atom. The van der Waals surface area contributed by atoms with E-state index in [0.717, 1.165) is 6.92 Å². The van der Waals surface area contributed by atoms with Crippen LogP contribution >= 0.6 is 0 Å². The first-order valence-corrected chi connectivity index (χ1v) is 10.3. The topological polar surface area (TPSA) is 131 Å². The van der Waals surface area contributed by atoms with E-state index in [9.17, 15) is 13.6 Å². The third-order valence-electron chi connectivity index (χ3n) is 5.17. The van der Waals surface area contributed by atoms with Crippen LogP contribution in [0.25, 0.3) is 17.4 Å². The van der Waals surface area contributed by atoms with Crippen LogP contribution in [0.1, 0.15) is 20.3 Å². The zero-order valence-corrected chi connectivity index (χ0v) is 17.8. The molecule has 1 fully saturated rings. The number of anilines is 2. The van der Waals surface area contributed by atoms with Gasteiger partial charge in [-0.2, -0.15) is 19.5 Å². The summed E-state index contributed by atoms with van der Waals surface area (Å²) < 4.78 is 33.1. The van der Waals surface area contributed by atoms with Crippen molar-refractivity contribution < 1.29 is 18.0 Å². The van der Waals surface area contributed by atoms with Crippen molar-refractivity contribution in [2.45, 2.75) is 32.2 Å². The molecule has 1 saturated heterocycles. The number of halogens is 2. The van der Waals surface area contributed by atoms with Gasteiger partial charge in [-0.3, -0.25) is 9.69 Å². The summed E-state index contributed by atoms with van der Waals surface area (Å²) in [7, 11) is 0. The molecule has 0 aliphatic carbocycles. The lowest BCUT2D eigenvalue weighted by Gasteiger charge is -2.37. The normalized spacial score (nSPS) is 16.4. The quantitative estimate of drug-likeness (QED) is 0.549. The van der Waals surface area contributed by atoms with Gasteiger partial charge in [0.15, 0.2) is 5.76 Å². The molecular formula is C19H25F2N9O2. The summed E-state index contributed by atoms with van der Waals surface area (Å²) in [6.45, 7) is 4.01. The summed E-state index contributed by atoms with van der Waals surface area (Å²) >= 11 is 0. The Bertz CT molecular complexity index is 1070. The van der Waals surface area contributed by atoms with Crippen LogP contribution in [-0.4, -0.2) is 85.0 Å². The average Bonchev–Trinajstić information content (AvgIpc) is 3.41. The molecule has 4 heterocycles. The van der Waals surface area contributed by atoms with Crippen LogP contribution in [0.3, 0.4) is 0 Å². The van der Waals surface area contributed by atoms with Crippen molar-refractivity contribution >= 4 is 23.6 Å². The Morgan fingerprint density at radius 1 is 1.28 bits per heavy atom. The average molecular weight is 449 g/mol. The molecule has 172 valence electrons. The van der Waals surface area contributed by atoms with Gasteiger partial charge >= 0.3 is 0 Å². The molecule has 1 aliphatic rings. The van der Waals surface area contributed by atoms with Gasteiger partial charge in [-0.05, 0) is 18.6 Å². The predicted octanol–water partition coefficient (Wildman–Crippen LogP) is 1.35. The third kappa shape index (κ3) is 4.77. The highest BCUT2D eigenvalue weighted by atomic mass is 19.3. The van der Waals surface area contributed by atoms with Crippen molar-refractivity contribution in [2.24, 2.45) is 0 Å². The number of piperazine rings is 1. The lowest BCUT2D eigenvalue weighted by Crippen LogP contribution is -2.54. The number of furan rings is 1. The summed E-state index contributed by atoms with van der Waals surface area (Å²) in [5, 5.41) is 7.26. The molecule has 0 radical (unpaired) electrons. The van der Waals surface area contributed by atoms with Gasteiger partial charge in [0, 0.05) is 33.1 Å². The van der Waals surface area contributed by atoms with E-state index in [1.165, 1.54) is 10.8 Å². The van der Waals surface area contributed by atoms with E-state index in [-0.39, 0.29) is 30.1 Å². The molecule has 13 heteroatoms. The van der Waals surface area contributed by atoms with E-state index in [2.05, 4.69) is 25.4 Å². The predicted molar refractivity (Wildman–Crippen MR) is 112 cm³/mol.